The molecule has 90 valence electrons. The molecular formula is C8H17BF4N2. The molecule has 2 nitrogen and oxygen atoms in total. The molecule has 1 unspecified atom stereocenters. The largest absolute Gasteiger partial charge is 0.673 e. The topological polar surface area (TPSA) is 7.68 Å². The molecule has 0 amide bonds. The Morgan fingerprint density at radius 1 is 1.33 bits per heavy atom. The maximum atomic E-state index is 9.75. The van der Waals surface area contributed by atoms with Gasteiger partial charge in [-0.3, -0.25) is 4.90 Å². The van der Waals surface area contributed by atoms with Gasteiger partial charge in [-0.2, -0.15) is 0 Å². The average molecular weight is 228 g/mol. The van der Waals surface area contributed by atoms with Crippen molar-refractivity contribution in [2.75, 3.05) is 20.3 Å². The highest BCUT2D eigenvalue weighted by atomic mass is 19.5. The highest BCUT2D eigenvalue weighted by molar-refractivity contribution is 6.50. The lowest BCUT2D eigenvalue weighted by Crippen LogP contribution is -3.07. The summed E-state index contributed by atoms with van der Waals surface area (Å²) in [7, 11) is -3.88. The first kappa shape index (κ1) is 14.3. The Hall–Kier alpha value is -0.715. The third kappa shape index (κ3) is 11.2. The fourth-order valence-corrected chi connectivity index (χ4v) is 1.22. The molecule has 0 saturated heterocycles. The summed E-state index contributed by atoms with van der Waals surface area (Å²) < 4.78 is 39.0. The number of rotatable bonds is 3. The van der Waals surface area contributed by atoms with Gasteiger partial charge in [-0.1, -0.05) is 13.3 Å². The number of nitrogens with zero attached hydrogens (tertiary/aromatic N) is 1. The molecule has 15 heavy (non-hydrogen) atoms. The van der Waals surface area contributed by atoms with Crippen LogP contribution in [0.1, 0.15) is 19.8 Å². The number of quaternary nitrogens is 1. The van der Waals surface area contributed by atoms with Gasteiger partial charge in [0.1, 0.15) is 6.20 Å². The Morgan fingerprint density at radius 2 is 1.87 bits per heavy atom. The van der Waals surface area contributed by atoms with Crippen LogP contribution in [0.2, 0.25) is 0 Å². The van der Waals surface area contributed by atoms with Gasteiger partial charge in [0, 0.05) is 7.05 Å². The van der Waals surface area contributed by atoms with Crippen LogP contribution in [0.15, 0.2) is 12.4 Å². The first-order valence-electron chi connectivity index (χ1n) is 4.93. The van der Waals surface area contributed by atoms with Crippen molar-refractivity contribution in [3.8, 4) is 0 Å². The van der Waals surface area contributed by atoms with Crippen LogP contribution in [0.25, 0.3) is 0 Å². The lowest BCUT2D eigenvalue weighted by atomic mass is 10.3. The molecule has 1 heterocycles. The third-order valence-electron chi connectivity index (χ3n) is 1.87. The van der Waals surface area contributed by atoms with Crippen molar-refractivity contribution in [2.45, 2.75) is 19.8 Å². The van der Waals surface area contributed by atoms with Gasteiger partial charge in [-0.05, 0) is 6.42 Å². The van der Waals surface area contributed by atoms with E-state index in [9.17, 15) is 17.3 Å². The van der Waals surface area contributed by atoms with E-state index in [0.29, 0.717) is 0 Å². The van der Waals surface area contributed by atoms with Gasteiger partial charge in [-0.15, -0.1) is 0 Å². The quantitative estimate of drug-likeness (QED) is 0.565. The molecule has 0 aromatic heterocycles. The molecule has 1 atom stereocenters. The summed E-state index contributed by atoms with van der Waals surface area (Å²) in [6.07, 6.45) is 7.05. The summed E-state index contributed by atoms with van der Waals surface area (Å²) >= 11 is 0. The Labute approximate surface area is 87.6 Å². The molecule has 0 aromatic rings. The molecule has 0 fully saturated rings. The van der Waals surface area contributed by atoms with Crippen LogP contribution >= 0.6 is 0 Å². The predicted molar refractivity (Wildman–Crippen MR) is 52.7 cm³/mol. The number of hydrogen-bond donors (Lipinski definition) is 1. The maximum Gasteiger partial charge on any atom is 0.673 e. The zero-order chi connectivity index (χ0) is 11.9. The van der Waals surface area contributed by atoms with E-state index >= 15 is 0 Å². The van der Waals surface area contributed by atoms with E-state index in [1.807, 2.05) is 0 Å². The monoisotopic (exact) mass is 228 g/mol. The highest BCUT2D eigenvalue weighted by Crippen LogP contribution is 2.06. The second-order valence-electron chi connectivity index (χ2n) is 3.49. The molecule has 0 bridgehead atoms. The molecule has 1 N–H and O–H groups in total. The van der Waals surface area contributed by atoms with Crippen molar-refractivity contribution >= 4 is 7.25 Å². The van der Waals surface area contributed by atoms with Gasteiger partial charge in [0.15, 0.2) is 6.67 Å². The molecule has 1 rings (SSSR count). The lowest BCUT2D eigenvalue weighted by molar-refractivity contribution is -0.848. The van der Waals surface area contributed by atoms with E-state index in [0.717, 1.165) is 6.67 Å². The second kappa shape index (κ2) is 6.71. The van der Waals surface area contributed by atoms with Crippen molar-refractivity contribution in [3.63, 3.8) is 0 Å². The van der Waals surface area contributed by atoms with Crippen LogP contribution in [-0.4, -0.2) is 32.4 Å². The van der Waals surface area contributed by atoms with Crippen LogP contribution in [0.5, 0.6) is 0 Å². The molecule has 0 radical (unpaired) electrons. The summed E-state index contributed by atoms with van der Waals surface area (Å²) in [6, 6.07) is 0. The standard InChI is InChI=1S/C8H16N2.BF4/c1-3-4-5-10-7-6-9(2)8-10;2-1(3,4)5/h6-7H,3-5,8H2,1-2H3;/q;-1/p+1. The summed E-state index contributed by atoms with van der Waals surface area (Å²) in [5, 5.41) is 0. The minimum atomic E-state index is -6.00. The maximum absolute atomic E-state index is 9.75. The van der Waals surface area contributed by atoms with E-state index in [-0.39, 0.29) is 0 Å². The van der Waals surface area contributed by atoms with Gasteiger partial charge in [0.2, 0.25) is 0 Å². The molecule has 1 aliphatic rings. The van der Waals surface area contributed by atoms with Crippen molar-refractivity contribution in [1.29, 1.82) is 0 Å². The first-order chi connectivity index (χ1) is 6.83. The highest BCUT2D eigenvalue weighted by Gasteiger charge is 2.20. The number of halogens is 4. The van der Waals surface area contributed by atoms with Crippen LogP contribution in [0.4, 0.5) is 17.3 Å². The van der Waals surface area contributed by atoms with Crippen molar-refractivity contribution in [1.82, 2.24) is 4.90 Å². The predicted octanol–water partition coefficient (Wildman–Crippen LogP) is 1.35. The summed E-state index contributed by atoms with van der Waals surface area (Å²) in [5.74, 6) is 0. The molecule has 0 aromatic carbocycles. The van der Waals surface area contributed by atoms with Crippen LogP contribution < -0.4 is 4.90 Å². The number of nitrogens with one attached hydrogen (secondary N) is 1. The first-order valence-corrected chi connectivity index (χ1v) is 4.93. The van der Waals surface area contributed by atoms with E-state index in [1.165, 1.54) is 19.4 Å². The Balaban J connectivity index is 0.000000336. The zero-order valence-corrected chi connectivity index (χ0v) is 9.02. The van der Waals surface area contributed by atoms with E-state index in [1.54, 1.807) is 4.90 Å². The van der Waals surface area contributed by atoms with E-state index in [2.05, 4.69) is 31.3 Å². The van der Waals surface area contributed by atoms with Crippen molar-refractivity contribution in [3.05, 3.63) is 12.4 Å². The summed E-state index contributed by atoms with van der Waals surface area (Å²) in [4.78, 5) is 3.81. The molecular weight excluding hydrogens is 211 g/mol. The van der Waals surface area contributed by atoms with Crippen LogP contribution in [-0.2, 0) is 0 Å². The normalized spacial score (nSPS) is 20.1. The Kier molecular flexibility index (Phi) is 6.39. The van der Waals surface area contributed by atoms with Gasteiger partial charge >= 0.3 is 7.25 Å². The minimum absolute atomic E-state index is 1.15. The van der Waals surface area contributed by atoms with Crippen molar-refractivity contribution < 1.29 is 22.2 Å². The fourth-order valence-electron chi connectivity index (χ4n) is 1.22. The zero-order valence-electron chi connectivity index (χ0n) is 9.02. The fraction of sp³-hybridized carbons (Fsp3) is 0.750. The average Bonchev–Trinajstić information content (AvgIpc) is 2.45. The van der Waals surface area contributed by atoms with E-state index < -0.39 is 7.25 Å². The molecule has 1 aliphatic heterocycles. The Morgan fingerprint density at radius 3 is 2.20 bits per heavy atom. The lowest BCUT2D eigenvalue weighted by Gasteiger charge is -2.11. The van der Waals surface area contributed by atoms with Gasteiger partial charge < -0.3 is 22.2 Å². The molecule has 7 heteroatoms. The molecule has 0 saturated carbocycles. The number of hydrogen-bond acceptors (Lipinski definition) is 1. The molecule has 0 aliphatic carbocycles. The molecule has 0 spiro atoms. The Bertz CT molecular complexity index is 190. The van der Waals surface area contributed by atoms with Crippen LogP contribution in [0, 0.1) is 0 Å². The minimum Gasteiger partial charge on any atom is -0.418 e. The van der Waals surface area contributed by atoms with Crippen molar-refractivity contribution in [2.24, 2.45) is 0 Å². The number of unbranched alkanes of at least 4 members (excludes halogenated alkanes) is 1. The van der Waals surface area contributed by atoms with E-state index in [4.69, 9.17) is 0 Å². The SMILES string of the molecule is CCCC[NH+]1C=CN(C)C1.F[B-](F)(F)F. The second-order valence-corrected chi connectivity index (χ2v) is 3.49. The van der Waals surface area contributed by atoms with Gasteiger partial charge in [-0.25, -0.2) is 0 Å². The van der Waals surface area contributed by atoms with Gasteiger partial charge in [0.05, 0.1) is 12.7 Å². The van der Waals surface area contributed by atoms with Crippen LogP contribution in [0.3, 0.4) is 0 Å². The summed E-state index contributed by atoms with van der Waals surface area (Å²) in [6.45, 7) is 4.68. The third-order valence-corrected chi connectivity index (χ3v) is 1.87. The summed E-state index contributed by atoms with van der Waals surface area (Å²) in [5.41, 5.74) is 0. The van der Waals surface area contributed by atoms with Gasteiger partial charge in [0.25, 0.3) is 0 Å². The smallest absolute Gasteiger partial charge is 0.418 e.